The minimum absolute atomic E-state index is 0.0859. The molecule has 1 aromatic carbocycles. The number of carbonyl (C=O) groups is 2. The first kappa shape index (κ1) is 21.2. The van der Waals surface area contributed by atoms with Gasteiger partial charge in [0.25, 0.3) is 0 Å². The lowest BCUT2D eigenvalue weighted by molar-refractivity contribution is -0.135. The van der Waals surface area contributed by atoms with Gasteiger partial charge in [0.1, 0.15) is 5.82 Å². The van der Waals surface area contributed by atoms with E-state index in [1.807, 2.05) is 12.1 Å². The number of likely N-dealkylation sites (tertiary alicyclic amines) is 1. The fourth-order valence-corrected chi connectivity index (χ4v) is 6.66. The van der Waals surface area contributed by atoms with Gasteiger partial charge in [0, 0.05) is 37.0 Å². The van der Waals surface area contributed by atoms with Gasteiger partial charge in [0.15, 0.2) is 0 Å². The summed E-state index contributed by atoms with van der Waals surface area (Å²) in [6.07, 6.45) is 7.15. The van der Waals surface area contributed by atoms with Crippen LogP contribution >= 0.6 is 0 Å². The van der Waals surface area contributed by atoms with Gasteiger partial charge in [-0.3, -0.25) is 4.79 Å². The molecule has 1 amide bonds. The Morgan fingerprint density at radius 2 is 1.94 bits per heavy atom. The highest BCUT2D eigenvalue weighted by Crippen LogP contribution is 2.63. The average Bonchev–Trinajstić information content (AvgIpc) is 3.26. The van der Waals surface area contributed by atoms with Gasteiger partial charge in [-0.05, 0) is 55.2 Å². The summed E-state index contributed by atoms with van der Waals surface area (Å²) in [6, 6.07) is 7.53. The van der Waals surface area contributed by atoms with E-state index in [4.69, 9.17) is 4.98 Å². The van der Waals surface area contributed by atoms with Crippen molar-refractivity contribution in [2.45, 2.75) is 70.8 Å². The van der Waals surface area contributed by atoms with Crippen molar-refractivity contribution in [3.63, 3.8) is 0 Å². The number of carboxylic acids is 1. The van der Waals surface area contributed by atoms with Crippen LogP contribution in [0.3, 0.4) is 0 Å². The molecule has 0 spiro atoms. The second-order valence-electron chi connectivity index (χ2n) is 9.80. The number of carbonyl (C=O) groups excluding carboxylic acids is 1. The Labute approximate surface area is 189 Å². The van der Waals surface area contributed by atoms with Crippen molar-refractivity contribution < 1.29 is 14.7 Å². The molecule has 2 aromatic rings. The third-order valence-corrected chi connectivity index (χ3v) is 7.92. The summed E-state index contributed by atoms with van der Waals surface area (Å²) < 4.78 is 0. The maximum Gasteiger partial charge on any atom is 0.335 e. The van der Waals surface area contributed by atoms with E-state index in [2.05, 4.69) is 23.7 Å². The largest absolute Gasteiger partial charge is 0.478 e. The van der Waals surface area contributed by atoms with Gasteiger partial charge < -0.3 is 15.0 Å². The number of benzene rings is 1. The van der Waals surface area contributed by atoms with Crippen LogP contribution in [0.1, 0.15) is 85.0 Å². The summed E-state index contributed by atoms with van der Waals surface area (Å²) in [7, 11) is 0. The number of amides is 1. The molecule has 6 heteroatoms. The summed E-state index contributed by atoms with van der Waals surface area (Å²) in [4.78, 5) is 35.4. The summed E-state index contributed by atoms with van der Waals surface area (Å²) >= 11 is 0. The molecule has 2 saturated carbocycles. The highest BCUT2D eigenvalue weighted by molar-refractivity contribution is 5.87. The zero-order valence-electron chi connectivity index (χ0n) is 19.0. The van der Waals surface area contributed by atoms with Crippen LogP contribution in [0.4, 0.5) is 0 Å². The topological polar surface area (TPSA) is 86.3 Å². The number of aromatic carboxylic acids is 1. The van der Waals surface area contributed by atoms with Crippen LogP contribution in [0, 0.1) is 17.8 Å². The van der Waals surface area contributed by atoms with Crippen LogP contribution in [0.25, 0.3) is 0 Å². The van der Waals surface area contributed by atoms with Gasteiger partial charge in [0.2, 0.25) is 5.91 Å². The van der Waals surface area contributed by atoms with Crippen LogP contribution in [0.15, 0.2) is 24.3 Å². The van der Waals surface area contributed by atoms with Gasteiger partial charge in [-0.2, -0.15) is 0 Å². The molecule has 0 bridgehead atoms. The molecule has 2 aliphatic carbocycles. The molecule has 2 N–H and O–H groups in total. The van der Waals surface area contributed by atoms with Crippen molar-refractivity contribution >= 4 is 11.9 Å². The smallest absolute Gasteiger partial charge is 0.335 e. The molecule has 3 aliphatic rings. The average molecular weight is 436 g/mol. The number of H-pyrrole nitrogens is 1. The highest BCUT2D eigenvalue weighted by atomic mass is 16.4. The fraction of sp³-hybridized carbons (Fsp3) is 0.577. The minimum atomic E-state index is -0.909. The van der Waals surface area contributed by atoms with Crippen molar-refractivity contribution in [3.05, 3.63) is 52.6 Å². The van der Waals surface area contributed by atoms with Crippen molar-refractivity contribution in [1.29, 1.82) is 0 Å². The molecular formula is C26H33N3O3. The quantitative estimate of drug-likeness (QED) is 0.643. The van der Waals surface area contributed by atoms with Crippen molar-refractivity contribution in [2.24, 2.45) is 17.8 Å². The minimum Gasteiger partial charge on any atom is -0.478 e. The Morgan fingerprint density at radius 1 is 1.16 bits per heavy atom. The molecule has 0 radical (unpaired) electrons. The molecule has 5 unspecified atom stereocenters. The predicted octanol–water partition coefficient (Wildman–Crippen LogP) is 4.40. The van der Waals surface area contributed by atoms with Gasteiger partial charge in [-0.1, -0.05) is 32.4 Å². The number of hydrogen-bond donors (Lipinski definition) is 2. The summed E-state index contributed by atoms with van der Waals surface area (Å²) in [5, 5.41) is 9.19. The van der Waals surface area contributed by atoms with Gasteiger partial charge in [0.05, 0.1) is 17.2 Å². The zero-order valence-corrected chi connectivity index (χ0v) is 19.0. The summed E-state index contributed by atoms with van der Waals surface area (Å²) in [5.74, 6) is 1.80. The Hall–Kier alpha value is -2.63. The number of aromatic nitrogens is 2. The SMILES string of the molecule is CCCc1nc(C2C3CCCC4C3C2C(=O)N4CCC)c(Cc2ccc(C(=O)O)cc2)[nH]1. The predicted molar refractivity (Wildman–Crippen MR) is 122 cm³/mol. The molecular weight excluding hydrogens is 402 g/mol. The first-order valence-corrected chi connectivity index (χ1v) is 12.2. The molecule has 5 rings (SSSR count). The van der Waals surface area contributed by atoms with Crippen LogP contribution in [0.2, 0.25) is 0 Å². The van der Waals surface area contributed by atoms with Gasteiger partial charge >= 0.3 is 5.97 Å². The molecule has 1 aromatic heterocycles. The standard InChI is InChI=1S/C26H33N3O3/c1-3-6-20-27-18(14-15-9-11-16(12-10-15)26(31)32)24(28-20)22-17-7-5-8-19-21(17)23(22)25(30)29(19)13-4-2/h9-12,17,19,21-23H,3-8,13-14H2,1-2H3,(H,27,28)(H,31,32). The van der Waals surface area contributed by atoms with Gasteiger partial charge in [-0.15, -0.1) is 0 Å². The van der Waals surface area contributed by atoms with E-state index in [1.165, 1.54) is 12.8 Å². The summed E-state index contributed by atoms with van der Waals surface area (Å²) in [6.45, 7) is 5.19. The van der Waals surface area contributed by atoms with E-state index in [0.717, 1.165) is 55.0 Å². The number of rotatable bonds is 8. The molecule has 1 aliphatic heterocycles. The third-order valence-electron chi connectivity index (χ3n) is 7.92. The van der Waals surface area contributed by atoms with Crippen LogP contribution in [-0.2, 0) is 17.6 Å². The van der Waals surface area contributed by atoms with E-state index in [-0.39, 0.29) is 11.8 Å². The normalized spacial score (nSPS) is 28.5. The molecule has 5 atom stereocenters. The van der Waals surface area contributed by atoms with E-state index in [9.17, 15) is 14.7 Å². The second-order valence-corrected chi connectivity index (χ2v) is 9.80. The third kappa shape index (κ3) is 3.35. The number of aromatic amines is 1. The maximum atomic E-state index is 13.4. The highest BCUT2D eigenvalue weighted by Gasteiger charge is 2.65. The van der Waals surface area contributed by atoms with Gasteiger partial charge in [-0.25, -0.2) is 9.78 Å². The second kappa shape index (κ2) is 8.38. The Morgan fingerprint density at radius 3 is 2.62 bits per heavy atom. The van der Waals surface area contributed by atoms with E-state index >= 15 is 0 Å². The van der Waals surface area contributed by atoms with Crippen LogP contribution in [-0.4, -0.2) is 44.4 Å². The first-order chi connectivity index (χ1) is 15.5. The lowest BCUT2D eigenvalue weighted by Gasteiger charge is -2.51. The van der Waals surface area contributed by atoms with Crippen molar-refractivity contribution in [3.8, 4) is 0 Å². The van der Waals surface area contributed by atoms with E-state index < -0.39 is 5.97 Å². The summed E-state index contributed by atoms with van der Waals surface area (Å²) in [5.41, 5.74) is 3.55. The van der Waals surface area contributed by atoms with Crippen molar-refractivity contribution in [1.82, 2.24) is 14.9 Å². The lowest BCUT2D eigenvalue weighted by atomic mass is 9.51. The first-order valence-electron chi connectivity index (χ1n) is 12.2. The molecule has 3 fully saturated rings. The Bertz CT molecular complexity index is 1010. The number of imidazole rings is 1. The van der Waals surface area contributed by atoms with Crippen molar-refractivity contribution in [2.75, 3.05) is 6.54 Å². The molecule has 32 heavy (non-hydrogen) atoms. The maximum absolute atomic E-state index is 13.4. The number of nitrogens with one attached hydrogen (secondary N) is 1. The number of carboxylic acid groups (broad SMARTS) is 1. The monoisotopic (exact) mass is 435 g/mol. The molecule has 2 heterocycles. The van der Waals surface area contributed by atoms with E-state index in [1.54, 1.807) is 12.1 Å². The Kier molecular flexibility index (Phi) is 5.56. The fourth-order valence-electron chi connectivity index (χ4n) is 6.66. The molecule has 6 nitrogen and oxygen atoms in total. The lowest BCUT2D eigenvalue weighted by Crippen LogP contribution is -2.50. The van der Waals surface area contributed by atoms with E-state index in [0.29, 0.717) is 35.8 Å². The molecule has 1 saturated heterocycles. The van der Waals surface area contributed by atoms with Crippen LogP contribution < -0.4 is 0 Å². The number of nitrogens with zero attached hydrogens (tertiary/aromatic N) is 2. The zero-order chi connectivity index (χ0) is 22.4. The van der Waals surface area contributed by atoms with Crippen LogP contribution in [0.5, 0.6) is 0 Å². The Balaban J connectivity index is 1.47. The molecule has 170 valence electrons. The number of hydrogen-bond acceptors (Lipinski definition) is 3. The number of aryl methyl sites for hydroxylation is 1.